The number of anilines is 1. The second kappa shape index (κ2) is 8.72. The van der Waals surface area contributed by atoms with Gasteiger partial charge in [-0.05, 0) is 48.9 Å². The molecule has 1 aliphatic rings. The number of carbonyl (C=O) groups excluding carboxylic acids is 1. The van der Waals surface area contributed by atoms with Gasteiger partial charge in [0.25, 0.3) is 0 Å². The van der Waals surface area contributed by atoms with Crippen LogP contribution < -0.4 is 10.1 Å². The van der Waals surface area contributed by atoms with E-state index in [4.69, 9.17) is 4.74 Å². The number of carbonyl (C=O) groups is 1. The van der Waals surface area contributed by atoms with E-state index in [9.17, 15) is 9.90 Å². The van der Waals surface area contributed by atoms with Crippen LogP contribution in [0.4, 0.5) is 10.5 Å². The van der Waals surface area contributed by atoms with Crippen molar-refractivity contribution >= 4 is 11.7 Å². The molecular weight excluding hydrogens is 328 g/mol. The third kappa shape index (κ3) is 4.76. The summed E-state index contributed by atoms with van der Waals surface area (Å²) in [4.78, 5) is 14.4. The van der Waals surface area contributed by atoms with Crippen LogP contribution in [0.25, 0.3) is 0 Å². The number of aliphatic hydroxyl groups is 1. The van der Waals surface area contributed by atoms with Gasteiger partial charge in [0.2, 0.25) is 0 Å². The van der Waals surface area contributed by atoms with E-state index in [1.807, 2.05) is 55.5 Å². The van der Waals surface area contributed by atoms with Gasteiger partial charge in [-0.15, -0.1) is 0 Å². The van der Waals surface area contributed by atoms with Crippen LogP contribution in [0.1, 0.15) is 24.0 Å². The molecule has 0 spiro atoms. The zero-order valence-electron chi connectivity index (χ0n) is 15.1. The Hall–Kier alpha value is -2.53. The van der Waals surface area contributed by atoms with E-state index in [1.165, 1.54) is 0 Å². The maximum Gasteiger partial charge on any atom is 0.321 e. The molecule has 138 valence electrons. The molecule has 5 nitrogen and oxygen atoms in total. The Balaban J connectivity index is 1.64. The fourth-order valence-corrected chi connectivity index (χ4v) is 3.10. The fraction of sp³-hybridized carbons (Fsp3) is 0.381. The molecular formula is C21H26N2O3. The van der Waals surface area contributed by atoms with Crippen LogP contribution in [0.15, 0.2) is 48.5 Å². The van der Waals surface area contributed by atoms with Crippen molar-refractivity contribution in [1.29, 1.82) is 0 Å². The SMILES string of the molecule is Cc1ccc(NC(=O)N2CCC(CO)CC2)c(OCc2ccccc2)c1. The van der Waals surface area contributed by atoms with Crippen LogP contribution in [-0.2, 0) is 6.61 Å². The molecule has 0 unspecified atom stereocenters. The third-order valence-corrected chi connectivity index (χ3v) is 4.78. The van der Waals surface area contributed by atoms with Gasteiger partial charge in [-0.2, -0.15) is 0 Å². The summed E-state index contributed by atoms with van der Waals surface area (Å²) in [6.45, 7) is 3.99. The number of aliphatic hydroxyl groups excluding tert-OH is 1. The highest BCUT2D eigenvalue weighted by Gasteiger charge is 2.23. The smallest absolute Gasteiger partial charge is 0.321 e. The number of likely N-dealkylation sites (tertiary alicyclic amines) is 1. The van der Waals surface area contributed by atoms with Crippen molar-refractivity contribution in [3.8, 4) is 5.75 Å². The summed E-state index contributed by atoms with van der Waals surface area (Å²) in [5.74, 6) is 0.982. The van der Waals surface area contributed by atoms with Gasteiger partial charge in [-0.3, -0.25) is 0 Å². The highest BCUT2D eigenvalue weighted by atomic mass is 16.5. The Kier molecular flexibility index (Phi) is 6.12. The highest BCUT2D eigenvalue weighted by Crippen LogP contribution is 2.27. The van der Waals surface area contributed by atoms with Crippen molar-refractivity contribution in [3.05, 3.63) is 59.7 Å². The van der Waals surface area contributed by atoms with Crippen molar-refractivity contribution in [2.75, 3.05) is 25.0 Å². The summed E-state index contributed by atoms with van der Waals surface area (Å²) in [7, 11) is 0. The Bertz CT molecular complexity index is 725. The zero-order valence-corrected chi connectivity index (χ0v) is 15.1. The number of ether oxygens (including phenoxy) is 1. The second-order valence-corrected chi connectivity index (χ2v) is 6.82. The molecule has 0 radical (unpaired) electrons. The van der Waals surface area contributed by atoms with Gasteiger partial charge >= 0.3 is 6.03 Å². The number of aryl methyl sites for hydroxylation is 1. The van der Waals surface area contributed by atoms with E-state index in [0.29, 0.717) is 37.1 Å². The van der Waals surface area contributed by atoms with E-state index in [2.05, 4.69) is 5.32 Å². The van der Waals surface area contributed by atoms with Gasteiger partial charge in [0.05, 0.1) is 5.69 Å². The van der Waals surface area contributed by atoms with Crippen LogP contribution in [0.5, 0.6) is 5.75 Å². The lowest BCUT2D eigenvalue weighted by Crippen LogP contribution is -2.41. The number of benzene rings is 2. The third-order valence-electron chi connectivity index (χ3n) is 4.78. The van der Waals surface area contributed by atoms with Crippen LogP contribution in [0.3, 0.4) is 0 Å². The summed E-state index contributed by atoms with van der Waals surface area (Å²) in [6.07, 6.45) is 1.68. The van der Waals surface area contributed by atoms with E-state index < -0.39 is 0 Å². The number of piperidine rings is 1. The molecule has 2 aromatic carbocycles. The Morgan fingerprint density at radius 2 is 1.92 bits per heavy atom. The number of urea groups is 1. The molecule has 0 aromatic heterocycles. The summed E-state index contributed by atoms with van der Waals surface area (Å²) in [5.41, 5.74) is 2.84. The first-order valence-corrected chi connectivity index (χ1v) is 9.10. The van der Waals surface area contributed by atoms with Gasteiger partial charge in [-0.25, -0.2) is 4.79 Å². The lowest BCUT2D eigenvalue weighted by molar-refractivity contribution is 0.143. The molecule has 1 fully saturated rings. The van der Waals surface area contributed by atoms with Crippen molar-refractivity contribution in [2.24, 2.45) is 5.92 Å². The summed E-state index contributed by atoms with van der Waals surface area (Å²) in [6, 6.07) is 15.6. The molecule has 0 atom stereocenters. The van der Waals surface area contributed by atoms with E-state index in [1.54, 1.807) is 4.90 Å². The molecule has 2 N–H and O–H groups in total. The topological polar surface area (TPSA) is 61.8 Å². The van der Waals surface area contributed by atoms with Crippen molar-refractivity contribution < 1.29 is 14.6 Å². The molecule has 0 bridgehead atoms. The standard InChI is InChI=1S/C21H26N2O3/c1-16-7-8-19(20(13-16)26-15-18-5-3-2-4-6-18)22-21(25)23-11-9-17(14-24)10-12-23/h2-8,13,17,24H,9-12,14-15H2,1H3,(H,22,25). The fourth-order valence-electron chi connectivity index (χ4n) is 3.10. The number of hydrogen-bond acceptors (Lipinski definition) is 3. The van der Waals surface area contributed by atoms with Gasteiger partial charge in [0.1, 0.15) is 12.4 Å². The lowest BCUT2D eigenvalue weighted by Gasteiger charge is -2.31. The number of rotatable bonds is 5. The Morgan fingerprint density at radius 1 is 1.19 bits per heavy atom. The predicted octanol–water partition coefficient (Wildman–Crippen LogP) is 3.81. The number of hydrogen-bond donors (Lipinski definition) is 2. The van der Waals surface area contributed by atoms with E-state index in [-0.39, 0.29) is 12.6 Å². The maximum absolute atomic E-state index is 12.6. The normalized spacial score (nSPS) is 14.9. The molecule has 26 heavy (non-hydrogen) atoms. The second-order valence-electron chi connectivity index (χ2n) is 6.82. The lowest BCUT2D eigenvalue weighted by atomic mass is 9.98. The van der Waals surface area contributed by atoms with Crippen LogP contribution in [0.2, 0.25) is 0 Å². The maximum atomic E-state index is 12.6. The number of nitrogens with zero attached hydrogens (tertiary/aromatic N) is 1. The quantitative estimate of drug-likeness (QED) is 0.858. The Morgan fingerprint density at radius 3 is 2.62 bits per heavy atom. The first kappa shape index (κ1) is 18.3. The molecule has 1 saturated heterocycles. The van der Waals surface area contributed by atoms with Crippen LogP contribution in [-0.4, -0.2) is 35.7 Å². The number of nitrogens with one attached hydrogen (secondary N) is 1. The largest absolute Gasteiger partial charge is 0.487 e. The highest BCUT2D eigenvalue weighted by molar-refractivity contribution is 5.91. The predicted molar refractivity (Wildman–Crippen MR) is 102 cm³/mol. The minimum absolute atomic E-state index is 0.116. The van der Waals surface area contributed by atoms with Crippen molar-refractivity contribution in [1.82, 2.24) is 4.90 Å². The molecule has 3 rings (SSSR count). The molecule has 2 amide bonds. The molecule has 1 aliphatic heterocycles. The molecule has 5 heteroatoms. The average Bonchev–Trinajstić information content (AvgIpc) is 2.69. The average molecular weight is 354 g/mol. The van der Waals surface area contributed by atoms with Crippen LogP contribution >= 0.6 is 0 Å². The van der Waals surface area contributed by atoms with Gasteiger partial charge in [0.15, 0.2) is 0 Å². The molecule has 0 aliphatic carbocycles. The van der Waals surface area contributed by atoms with Crippen molar-refractivity contribution in [2.45, 2.75) is 26.4 Å². The molecule has 2 aromatic rings. The number of amides is 2. The monoisotopic (exact) mass is 354 g/mol. The summed E-state index contributed by atoms with van der Waals surface area (Å²) < 4.78 is 5.96. The first-order chi connectivity index (χ1) is 12.7. The Labute approximate surface area is 154 Å². The van der Waals surface area contributed by atoms with Crippen molar-refractivity contribution in [3.63, 3.8) is 0 Å². The van der Waals surface area contributed by atoms with Gasteiger partial charge < -0.3 is 20.1 Å². The molecule has 1 heterocycles. The van der Waals surface area contributed by atoms with Gasteiger partial charge in [0, 0.05) is 19.7 Å². The minimum atomic E-state index is -0.116. The van der Waals surface area contributed by atoms with E-state index in [0.717, 1.165) is 24.0 Å². The summed E-state index contributed by atoms with van der Waals surface area (Å²) in [5, 5.41) is 12.2. The zero-order chi connectivity index (χ0) is 18.4. The molecule has 0 saturated carbocycles. The summed E-state index contributed by atoms with van der Waals surface area (Å²) >= 11 is 0. The minimum Gasteiger partial charge on any atom is -0.487 e. The van der Waals surface area contributed by atoms with Crippen LogP contribution in [0, 0.1) is 12.8 Å². The van der Waals surface area contributed by atoms with E-state index >= 15 is 0 Å². The first-order valence-electron chi connectivity index (χ1n) is 9.10. The van der Waals surface area contributed by atoms with Gasteiger partial charge in [-0.1, -0.05) is 36.4 Å².